The molecule has 0 amide bonds. The van der Waals surface area contributed by atoms with E-state index >= 15 is 0 Å². The van der Waals surface area contributed by atoms with Crippen LogP contribution in [0.15, 0.2) is 71.2 Å². The van der Waals surface area contributed by atoms with Gasteiger partial charge in [0.1, 0.15) is 18.2 Å². The van der Waals surface area contributed by atoms with Gasteiger partial charge in [-0.1, -0.05) is 35.9 Å². The van der Waals surface area contributed by atoms with Crippen molar-refractivity contribution in [2.24, 2.45) is 5.73 Å². The van der Waals surface area contributed by atoms with E-state index in [1.807, 2.05) is 55.6 Å². The Morgan fingerprint density at radius 3 is 2.53 bits per heavy atom. The van der Waals surface area contributed by atoms with Crippen LogP contribution in [-0.4, -0.2) is 17.7 Å². The van der Waals surface area contributed by atoms with Crippen LogP contribution in [0.2, 0.25) is 5.02 Å². The van der Waals surface area contributed by atoms with Crippen molar-refractivity contribution in [1.29, 1.82) is 5.26 Å². The zero-order valence-electron chi connectivity index (χ0n) is 16.7. The van der Waals surface area contributed by atoms with Crippen molar-refractivity contribution in [2.45, 2.75) is 31.8 Å². The number of benzene rings is 2. The van der Waals surface area contributed by atoms with Gasteiger partial charge in [-0.05, 0) is 48.2 Å². The van der Waals surface area contributed by atoms with Crippen LogP contribution >= 0.6 is 11.6 Å². The smallest absolute Gasteiger partial charge is 0.161 e. The predicted molar refractivity (Wildman–Crippen MR) is 115 cm³/mol. The van der Waals surface area contributed by atoms with E-state index < -0.39 is 5.92 Å². The van der Waals surface area contributed by atoms with E-state index in [9.17, 15) is 10.1 Å². The van der Waals surface area contributed by atoms with Gasteiger partial charge in [0.2, 0.25) is 0 Å². The Morgan fingerprint density at radius 2 is 1.87 bits per heavy atom. The number of ether oxygens (including phenoxy) is 1. The van der Waals surface area contributed by atoms with Crippen LogP contribution in [0.1, 0.15) is 36.3 Å². The summed E-state index contributed by atoms with van der Waals surface area (Å²) in [5, 5.41) is 10.5. The third-order valence-corrected chi connectivity index (χ3v) is 5.95. The molecule has 1 atom stereocenters. The predicted octanol–water partition coefficient (Wildman–Crippen LogP) is 4.65. The molecule has 2 aromatic carbocycles. The van der Waals surface area contributed by atoms with Crippen molar-refractivity contribution in [3.8, 4) is 11.8 Å². The van der Waals surface area contributed by atoms with Gasteiger partial charge in [-0.15, -0.1) is 0 Å². The molecule has 30 heavy (non-hydrogen) atoms. The first-order chi connectivity index (χ1) is 14.5. The quantitative estimate of drug-likeness (QED) is 0.780. The van der Waals surface area contributed by atoms with Crippen molar-refractivity contribution in [1.82, 2.24) is 4.90 Å². The molecule has 1 aliphatic carbocycles. The zero-order chi connectivity index (χ0) is 21.3. The van der Waals surface area contributed by atoms with Crippen LogP contribution in [0, 0.1) is 11.3 Å². The van der Waals surface area contributed by atoms with E-state index in [2.05, 4.69) is 6.07 Å². The number of nitrogens with two attached hydrogens (primary N) is 1. The van der Waals surface area contributed by atoms with Crippen LogP contribution in [0.25, 0.3) is 0 Å². The largest absolute Gasteiger partial charge is 0.489 e. The van der Waals surface area contributed by atoms with Crippen LogP contribution in [0.4, 0.5) is 0 Å². The minimum atomic E-state index is -0.431. The number of Topliss-reactive ketones (excluding diaryl/α,β-unsaturated/α-hetero) is 1. The number of halogens is 1. The van der Waals surface area contributed by atoms with Crippen molar-refractivity contribution >= 4 is 17.4 Å². The van der Waals surface area contributed by atoms with Gasteiger partial charge in [0.15, 0.2) is 5.78 Å². The van der Waals surface area contributed by atoms with E-state index in [0.29, 0.717) is 40.8 Å². The Morgan fingerprint density at radius 1 is 1.17 bits per heavy atom. The average molecular weight is 420 g/mol. The molecule has 4 rings (SSSR count). The number of hydrogen-bond acceptors (Lipinski definition) is 5. The van der Waals surface area contributed by atoms with Gasteiger partial charge in [0, 0.05) is 29.8 Å². The van der Waals surface area contributed by atoms with Crippen molar-refractivity contribution < 1.29 is 9.53 Å². The van der Waals surface area contributed by atoms with Crippen LogP contribution < -0.4 is 10.5 Å². The molecule has 1 aliphatic heterocycles. The fraction of sp³-hybridized carbons (Fsp3) is 0.250. The molecule has 0 aromatic heterocycles. The molecule has 0 spiro atoms. The molecule has 0 radical (unpaired) electrons. The van der Waals surface area contributed by atoms with E-state index in [1.54, 1.807) is 4.90 Å². The first-order valence-electron chi connectivity index (χ1n) is 9.86. The van der Waals surface area contributed by atoms with Crippen LogP contribution in [0.5, 0.6) is 5.75 Å². The number of allylic oxidation sites excluding steroid dienone is 3. The van der Waals surface area contributed by atoms with Gasteiger partial charge < -0.3 is 15.4 Å². The molecule has 2 N–H and O–H groups in total. The lowest BCUT2D eigenvalue weighted by molar-refractivity contribution is -0.116. The number of carbonyl (C=O) groups excluding carboxylic acids is 1. The number of ketones is 1. The summed E-state index contributed by atoms with van der Waals surface area (Å²) in [6, 6.07) is 17.3. The molecule has 0 saturated heterocycles. The Hall–Kier alpha value is -3.23. The fourth-order valence-electron chi connectivity index (χ4n) is 4.10. The number of hydrogen-bond donors (Lipinski definition) is 1. The SMILES string of the molecule is CN1C(N)=C(C#N)[C@@H](c2ccc(OCc3ccc(Cl)cc3)cc2)C2=C1CCCC2=O. The van der Waals surface area contributed by atoms with Crippen molar-refractivity contribution in [2.75, 3.05) is 7.05 Å². The molecule has 6 heteroatoms. The van der Waals surface area contributed by atoms with Gasteiger partial charge >= 0.3 is 0 Å². The minimum absolute atomic E-state index is 0.0939. The van der Waals surface area contributed by atoms with E-state index in [-0.39, 0.29) is 5.78 Å². The van der Waals surface area contributed by atoms with Gasteiger partial charge in [-0.3, -0.25) is 4.79 Å². The lowest BCUT2D eigenvalue weighted by Crippen LogP contribution is -2.36. The minimum Gasteiger partial charge on any atom is -0.489 e. The lowest BCUT2D eigenvalue weighted by atomic mass is 9.76. The van der Waals surface area contributed by atoms with Crippen molar-refractivity contribution in [3.63, 3.8) is 0 Å². The molecule has 0 fully saturated rings. The molecule has 1 heterocycles. The summed E-state index contributed by atoms with van der Waals surface area (Å²) >= 11 is 5.91. The third-order valence-electron chi connectivity index (χ3n) is 5.70. The second-order valence-corrected chi connectivity index (χ2v) is 7.96. The maximum Gasteiger partial charge on any atom is 0.161 e. The number of carbonyl (C=O) groups is 1. The lowest BCUT2D eigenvalue weighted by Gasteiger charge is -2.37. The molecule has 2 aromatic rings. The molecule has 2 aliphatic rings. The number of nitrogens with zero attached hydrogens (tertiary/aromatic N) is 2. The standard InChI is InChI=1S/C24H22ClN3O2/c1-28-20-3-2-4-21(29)23(20)22(19(13-26)24(28)27)16-7-11-18(12-8-16)30-14-15-5-9-17(25)10-6-15/h5-12,22H,2-4,14,27H2,1H3/t22-/m1/s1. The van der Waals surface area contributed by atoms with Crippen molar-refractivity contribution in [3.05, 3.63) is 87.3 Å². The molecule has 0 unspecified atom stereocenters. The summed E-state index contributed by atoms with van der Waals surface area (Å²) in [5.74, 6) is 0.788. The van der Waals surface area contributed by atoms with Gasteiger partial charge in [-0.25, -0.2) is 0 Å². The van der Waals surface area contributed by atoms with Gasteiger partial charge in [0.05, 0.1) is 17.6 Å². The fourth-order valence-corrected chi connectivity index (χ4v) is 4.23. The topological polar surface area (TPSA) is 79.3 Å². The monoisotopic (exact) mass is 419 g/mol. The summed E-state index contributed by atoms with van der Waals surface area (Å²) in [7, 11) is 1.82. The normalized spacial score (nSPS) is 18.9. The van der Waals surface area contributed by atoms with Crippen LogP contribution in [0.3, 0.4) is 0 Å². The van der Waals surface area contributed by atoms with E-state index in [1.165, 1.54) is 0 Å². The first kappa shape index (κ1) is 20.1. The highest BCUT2D eigenvalue weighted by molar-refractivity contribution is 6.30. The highest BCUT2D eigenvalue weighted by atomic mass is 35.5. The molecule has 152 valence electrons. The highest BCUT2D eigenvalue weighted by Crippen LogP contribution is 2.44. The maximum atomic E-state index is 12.8. The average Bonchev–Trinajstić information content (AvgIpc) is 2.76. The summed E-state index contributed by atoms with van der Waals surface area (Å²) < 4.78 is 5.86. The number of rotatable bonds is 4. The van der Waals surface area contributed by atoms with E-state index in [4.69, 9.17) is 22.1 Å². The molecular formula is C24H22ClN3O2. The molecule has 0 saturated carbocycles. The molecule has 5 nitrogen and oxygen atoms in total. The number of nitriles is 1. The van der Waals surface area contributed by atoms with Crippen LogP contribution in [-0.2, 0) is 11.4 Å². The summed E-state index contributed by atoms with van der Waals surface area (Å²) in [4.78, 5) is 14.6. The van der Waals surface area contributed by atoms with E-state index in [0.717, 1.165) is 29.7 Å². The Labute approximate surface area is 181 Å². The van der Waals surface area contributed by atoms with Gasteiger partial charge in [-0.2, -0.15) is 5.26 Å². The zero-order valence-corrected chi connectivity index (χ0v) is 17.4. The third kappa shape index (κ3) is 3.67. The van der Waals surface area contributed by atoms with Gasteiger partial charge in [0.25, 0.3) is 0 Å². The maximum absolute atomic E-state index is 12.8. The highest BCUT2D eigenvalue weighted by Gasteiger charge is 2.38. The molecule has 0 bridgehead atoms. The second kappa shape index (κ2) is 8.25. The Kier molecular flexibility index (Phi) is 5.52. The summed E-state index contributed by atoms with van der Waals surface area (Å²) in [5.41, 5.74) is 10.2. The summed E-state index contributed by atoms with van der Waals surface area (Å²) in [6.45, 7) is 0.425. The first-order valence-corrected chi connectivity index (χ1v) is 10.2. The second-order valence-electron chi connectivity index (χ2n) is 7.52. The summed E-state index contributed by atoms with van der Waals surface area (Å²) in [6.07, 6.45) is 2.10. The Bertz CT molecular complexity index is 1080. The Balaban J connectivity index is 1.61. The molecular weight excluding hydrogens is 398 g/mol.